The summed E-state index contributed by atoms with van der Waals surface area (Å²) in [4.78, 5) is 12.9. The summed E-state index contributed by atoms with van der Waals surface area (Å²) in [5, 5.41) is 10.1. The number of para-hydroxylation sites is 1. The van der Waals surface area contributed by atoms with Gasteiger partial charge < -0.3 is 15.5 Å². The van der Waals surface area contributed by atoms with E-state index < -0.39 is 0 Å². The molecule has 118 valence electrons. The molecule has 0 atom stereocenters. The lowest BCUT2D eigenvalue weighted by molar-refractivity contribution is 0.645. The molecule has 23 heavy (non-hydrogen) atoms. The molecule has 0 radical (unpaired) electrons. The van der Waals surface area contributed by atoms with E-state index in [1.165, 1.54) is 17.4 Å². The maximum atomic E-state index is 9.46. The van der Waals surface area contributed by atoms with Crippen molar-refractivity contribution in [1.82, 2.24) is 9.97 Å². The summed E-state index contributed by atoms with van der Waals surface area (Å²) in [6.07, 6.45) is 1.89. The molecule has 1 fully saturated rings. The summed E-state index contributed by atoms with van der Waals surface area (Å²) in [5.74, 6) is 0.867. The number of anilines is 3. The van der Waals surface area contributed by atoms with Gasteiger partial charge in [-0.1, -0.05) is 18.2 Å². The highest BCUT2D eigenvalue weighted by molar-refractivity contribution is 7.98. The van der Waals surface area contributed by atoms with Crippen LogP contribution < -0.4 is 15.5 Å². The molecule has 1 aliphatic rings. The SMILES string of the molecule is CSc1nc(N)nc(N2CCN(c3ccccc3)CC2)c1C#N. The van der Waals surface area contributed by atoms with Gasteiger partial charge in [-0.25, -0.2) is 4.98 Å². The van der Waals surface area contributed by atoms with Crippen LogP contribution in [0, 0.1) is 11.3 Å². The van der Waals surface area contributed by atoms with Crippen molar-refractivity contribution in [2.24, 2.45) is 0 Å². The second kappa shape index (κ2) is 6.75. The monoisotopic (exact) mass is 326 g/mol. The third kappa shape index (κ3) is 3.17. The number of aromatic nitrogens is 2. The second-order valence-corrected chi connectivity index (χ2v) is 6.01. The smallest absolute Gasteiger partial charge is 0.223 e. The minimum atomic E-state index is 0.217. The molecule has 7 heteroatoms. The van der Waals surface area contributed by atoms with E-state index in [1.807, 2.05) is 24.5 Å². The number of nitrogens with zero attached hydrogens (tertiary/aromatic N) is 5. The fraction of sp³-hybridized carbons (Fsp3) is 0.312. The standard InChI is InChI=1S/C16H18N6S/c1-23-15-13(11-17)14(19-16(18)20-15)22-9-7-21(8-10-22)12-5-3-2-4-6-12/h2-6H,7-10H2,1H3,(H2,18,19,20). The molecule has 0 amide bonds. The van der Waals surface area contributed by atoms with Crippen molar-refractivity contribution in [3.8, 4) is 6.07 Å². The molecular formula is C16H18N6S. The van der Waals surface area contributed by atoms with Crippen LogP contribution >= 0.6 is 11.8 Å². The fourth-order valence-electron chi connectivity index (χ4n) is 2.73. The van der Waals surface area contributed by atoms with Gasteiger partial charge in [-0.3, -0.25) is 0 Å². The molecule has 0 bridgehead atoms. The van der Waals surface area contributed by atoms with Crippen molar-refractivity contribution in [2.75, 3.05) is 48.0 Å². The minimum absolute atomic E-state index is 0.217. The van der Waals surface area contributed by atoms with E-state index in [4.69, 9.17) is 5.73 Å². The minimum Gasteiger partial charge on any atom is -0.368 e. The van der Waals surface area contributed by atoms with Crippen LogP contribution in [0.5, 0.6) is 0 Å². The normalized spacial score (nSPS) is 14.6. The van der Waals surface area contributed by atoms with Crippen LogP contribution in [-0.4, -0.2) is 42.4 Å². The average molecular weight is 326 g/mol. The fourth-order valence-corrected chi connectivity index (χ4v) is 3.26. The molecule has 1 aromatic carbocycles. The highest BCUT2D eigenvalue weighted by Gasteiger charge is 2.23. The van der Waals surface area contributed by atoms with Gasteiger partial charge in [0.1, 0.15) is 16.7 Å². The summed E-state index contributed by atoms with van der Waals surface area (Å²) < 4.78 is 0. The van der Waals surface area contributed by atoms with Crippen LogP contribution in [0.25, 0.3) is 0 Å². The average Bonchev–Trinajstić information content (AvgIpc) is 2.61. The first-order chi connectivity index (χ1) is 11.2. The number of rotatable bonds is 3. The van der Waals surface area contributed by atoms with E-state index in [9.17, 15) is 5.26 Å². The summed E-state index contributed by atoms with van der Waals surface area (Å²) >= 11 is 1.42. The number of thioether (sulfide) groups is 1. The molecule has 2 heterocycles. The third-order valence-electron chi connectivity index (χ3n) is 3.88. The molecule has 0 saturated carbocycles. The lowest BCUT2D eigenvalue weighted by atomic mass is 10.2. The molecule has 0 spiro atoms. The van der Waals surface area contributed by atoms with Gasteiger partial charge >= 0.3 is 0 Å². The van der Waals surface area contributed by atoms with Gasteiger partial charge in [0.15, 0.2) is 5.82 Å². The maximum Gasteiger partial charge on any atom is 0.223 e. The first-order valence-electron chi connectivity index (χ1n) is 7.39. The van der Waals surface area contributed by atoms with Gasteiger partial charge in [-0.05, 0) is 18.4 Å². The van der Waals surface area contributed by atoms with Crippen LogP contribution in [0.1, 0.15) is 5.56 Å². The van der Waals surface area contributed by atoms with Crippen molar-refractivity contribution in [2.45, 2.75) is 5.03 Å². The number of nitrogen functional groups attached to an aromatic ring is 1. The Labute approximate surface area is 139 Å². The van der Waals surface area contributed by atoms with E-state index in [0.29, 0.717) is 16.4 Å². The number of piperazine rings is 1. The van der Waals surface area contributed by atoms with Gasteiger partial charge in [0.25, 0.3) is 0 Å². The zero-order valence-electron chi connectivity index (χ0n) is 12.9. The molecule has 2 aromatic rings. The van der Waals surface area contributed by atoms with E-state index >= 15 is 0 Å². The highest BCUT2D eigenvalue weighted by atomic mass is 32.2. The van der Waals surface area contributed by atoms with Crippen molar-refractivity contribution in [1.29, 1.82) is 5.26 Å². The van der Waals surface area contributed by atoms with Gasteiger partial charge in [0, 0.05) is 31.9 Å². The number of nitrogens with two attached hydrogens (primary N) is 1. The molecule has 3 rings (SSSR count). The van der Waals surface area contributed by atoms with Gasteiger partial charge in [0.05, 0.1) is 0 Å². The van der Waals surface area contributed by atoms with Gasteiger partial charge in [0.2, 0.25) is 5.95 Å². The van der Waals surface area contributed by atoms with Crippen molar-refractivity contribution in [3.63, 3.8) is 0 Å². The first kappa shape index (κ1) is 15.4. The highest BCUT2D eigenvalue weighted by Crippen LogP contribution is 2.28. The summed E-state index contributed by atoms with van der Waals surface area (Å²) in [6, 6.07) is 12.6. The Hall–Kier alpha value is -2.46. The van der Waals surface area contributed by atoms with E-state index in [-0.39, 0.29) is 5.95 Å². The summed E-state index contributed by atoms with van der Waals surface area (Å²) in [6.45, 7) is 3.36. The van der Waals surface area contributed by atoms with Crippen LogP contribution in [0.3, 0.4) is 0 Å². The maximum absolute atomic E-state index is 9.46. The molecule has 0 aliphatic carbocycles. The van der Waals surface area contributed by atoms with Crippen molar-refractivity contribution in [3.05, 3.63) is 35.9 Å². The molecule has 1 aliphatic heterocycles. The van der Waals surface area contributed by atoms with Crippen molar-refractivity contribution < 1.29 is 0 Å². The first-order valence-corrected chi connectivity index (χ1v) is 8.62. The predicted molar refractivity (Wildman–Crippen MR) is 93.8 cm³/mol. The zero-order chi connectivity index (χ0) is 16.2. The second-order valence-electron chi connectivity index (χ2n) is 5.21. The van der Waals surface area contributed by atoms with Crippen molar-refractivity contribution >= 4 is 29.2 Å². The van der Waals surface area contributed by atoms with Crippen LogP contribution in [0.15, 0.2) is 35.4 Å². The molecular weight excluding hydrogens is 308 g/mol. The molecule has 2 N–H and O–H groups in total. The Kier molecular flexibility index (Phi) is 4.53. The largest absolute Gasteiger partial charge is 0.368 e. The zero-order valence-corrected chi connectivity index (χ0v) is 13.8. The molecule has 6 nitrogen and oxygen atoms in total. The number of benzene rings is 1. The van der Waals surface area contributed by atoms with Crippen LogP contribution in [0.2, 0.25) is 0 Å². The number of hydrogen-bond donors (Lipinski definition) is 1. The van der Waals surface area contributed by atoms with Crippen LogP contribution in [-0.2, 0) is 0 Å². The summed E-state index contributed by atoms with van der Waals surface area (Å²) in [7, 11) is 0. The van der Waals surface area contributed by atoms with Crippen LogP contribution in [0.4, 0.5) is 17.5 Å². The Bertz CT molecular complexity index is 719. The number of hydrogen-bond acceptors (Lipinski definition) is 7. The summed E-state index contributed by atoms with van der Waals surface area (Å²) in [5.41, 5.74) is 7.54. The lowest BCUT2D eigenvalue weighted by Crippen LogP contribution is -2.47. The molecule has 1 aromatic heterocycles. The van der Waals surface area contributed by atoms with E-state index in [2.05, 4.69) is 38.0 Å². The Morgan fingerprint density at radius 3 is 2.35 bits per heavy atom. The Morgan fingerprint density at radius 2 is 1.74 bits per heavy atom. The van der Waals surface area contributed by atoms with Gasteiger partial charge in [-0.15, -0.1) is 11.8 Å². The molecule has 0 unspecified atom stereocenters. The number of nitriles is 1. The Balaban J connectivity index is 1.80. The van der Waals surface area contributed by atoms with Gasteiger partial charge in [-0.2, -0.15) is 10.2 Å². The quantitative estimate of drug-likeness (QED) is 0.682. The van der Waals surface area contributed by atoms with E-state index in [1.54, 1.807) is 0 Å². The van der Waals surface area contributed by atoms with E-state index in [0.717, 1.165) is 26.2 Å². The predicted octanol–water partition coefficient (Wildman–Crippen LogP) is 1.98. The topological polar surface area (TPSA) is 82.1 Å². The third-order valence-corrected chi connectivity index (χ3v) is 4.56. The Morgan fingerprint density at radius 1 is 1.09 bits per heavy atom. The molecule has 1 saturated heterocycles. The lowest BCUT2D eigenvalue weighted by Gasteiger charge is -2.37.